The van der Waals surface area contributed by atoms with Gasteiger partial charge in [-0.05, 0) is 24.3 Å². The van der Waals surface area contributed by atoms with E-state index in [1.54, 1.807) is 0 Å². The zero-order chi connectivity index (χ0) is 19.4. The summed E-state index contributed by atoms with van der Waals surface area (Å²) in [5.41, 5.74) is -1.90. The maximum atomic E-state index is 13.4. The molecule has 0 fully saturated rings. The van der Waals surface area contributed by atoms with E-state index in [4.69, 9.17) is 0 Å². The predicted octanol–water partition coefficient (Wildman–Crippen LogP) is 0.261. The van der Waals surface area contributed by atoms with Crippen LogP contribution in [0.2, 0.25) is 0 Å². The monoisotopic (exact) mass is 374 g/mol. The van der Waals surface area contributed by atoms with Crippen LogP contribution in [-0.4, -0.2) is 26.9 Å². The zero-order valence-corrected chi connectivity index (χ0v) is 12.6. The van der Waals surface area contributed by atoms with E-state index in [1.165, 1.54) is 0 Å². The van der Waals surface area contributed by atoms with Crippen LogP contribution >= 0.6 is 0 Å². The Kier molecular flexibility index (Phi) is 5.96. The highest BCUT2D eigenvalue weighted by Gasteiger charge is 2.24. The second kappa shape index (κ2) is 7.98. The van der Waals surface area contributed by atoms with Crippen LogP contribution in [0.4, 0.5) is 26.3 Å². The summed E-state index contributed by atoms with van der Waals surface area (Å²) in [5, 5.41) is 0. The molecule has 26 heavy (non-hydrogen) atoms. The Morgan fingerprint density at radius 2 is 0.923 bits per heavy atom. The summed E-state index contributed by atoms with van der Waals surface area (Å²) in [7, 11) is -2.27. The quantitative estimate of drug-likeness (QED) is 0.334. The van der Waals surface area contributed by atoms with E-state index in [0.29, 0.717) is 24.3 Å². The van der Waals surface area contributed by atoms with E-state index in [1.807, 2.05) is 0 Å². The van der Waals surface area contributed by atoms with Crippen LogP contribution in [0, 0.1) is 34.9 Å². The molecule has 0 spiro atoms. The van der Waals surface area contributed by atoms with Gasteiger partial charge < -0.3 is 9.31 Å². The van der Waals surface area contributed by atoms with Crippen molar-refractivity contribution in [2.24, 2.45) is 0 Å². The topological polar surface area (TPSA) is 52.6 Å². The van der Waals surface area contributed by atoms with E-state index >= 15 is 0 Å². The fourth-order valence-corrected chi connectivity index (χ4v) is 1.80. The maximum absolute atomic E-state index is 13.4. The third-order valence-corrected chi connectivity index (χ3v) is 3.14. The first-order chi connectivity index (χ1) is 12.2. The van der Waals surface area contributed by atoms with E-state index < -0.39 is 72.7 Å². The summed E-state index contributed by atoms with van der Waals surface area (Å²) >= 11 is 0. The molecule has 0 atom stereocenters. The zero-order valence-electron chi connectivity index (χ0n) is 12.6. The molecule has 0 saturated carbocycles. The molecule has 0 radical (unpaired) electrons. The Bertz CT molecular complexity index is 806. The van der Waals surface area contributed by atoms with Crippen molar-refractivity contribution in [1.82, 2.24) is 0 Å². The summed E-state index contributed by atoms with van der Waals surface area (Å²) in [5.74, 6) is -12.0. The van der Waals surface area contributed by atoms with E-state index in [-0.39, 0.29) is 0 Å². The number of benzene rings is 2. The van der Waals surface area contributed by atoms with Crippen LogP contribution < -0.4 is 10.9 Å². The molecule has 134 valence electrons. The summed E-state index contributed by atoms with van der Waals surface area (Å²) < 4.78 is 87.9. The maximum Gasteiger partial charge on any atom is 0.398 e. The molecule has 0 aliphatic heterocycles. The van der Waals surface area contributed by atoms with Crippen LogP contribution in [0.3, 0.4) is 0 Å². The minimum atomic E-state index is -1.76. The largest absolute Gasteiger partial charge is 0.526 e. The number of rotatable bonds is 4. The predicted molar refractivity (Wildman–Crippen MR) is 78.4 cm³/mol. The molecule has 12 heteroatoms. The lowest BCUT2D eigenvalue weighted by atomic mass is 9.86. The highest BCUT2D eigenvalue weighted by molar-refractivity contribution is 6.55. The molecule has 0 aliphatic rings. The first-order valence-electron chi connectivity index (χ1n) is 6.81. The van der Waals surface area contributed by atoms with Crippen molar-refractivity contribution >= 4 is 37.8 Å². The van der Waals surface area contributed by atoms with Crippen molar-refractivity contribution in [3.63, 3.8) is 0 Å². The van der Waals surface area contributed by atoms with Gasteiger partial charge in [0, 0.05) is 10.9 Å². The molecule has 2 aromatic carbocycles. The van der Waals surface area contributed by atoms with Gasteiger partial charge in [0.15, 0.2) is 23.3 Å². The van der Waals surface area contributed by atoms with Crippen LogP contribution in [0.1, 0.15) is 0 Å². The second-order valence-electron chi connectivity index (χ2n) is 4.80. The average Bonchev–Trinajstić information content (AvgIpc) is 2.61. The van der Waals surface area contributed by atoms with Gasteiger partial charge in [0.05, 0.1) is 0 Å². The lowest BCUT2D eigenvalue weighted by Crippen LogP contribution is -2.34. The van der Waals surface area contributed by atoms with Crippen molar-refractivity contribution in [3.8, 4) is 0 Å². The Balaban J connectivity index is 1.98. The van der Waals surface area contributed by atoms with Crippen molar-refractivity contribution in [1.29, 1.82) is 0 Å². The highest BCUT2D eigenvalue weighted by atomic mass is 19.2. The molecule has 4 nitrogen and oxygen atoms in total. The summed E-state index contributed by atoms with van der Waals surface area (Å²) in [6.45, 7) is 0. The van der Waals surface area contributed by atoms with Crippen LogP contribution in [-0.2, 0) is 18.9 Å². The number of hydrogen-bond acceptors (Lipinski definition) is 4. The van der Waals surface area contributed by atoms with Gasteiger partial charge in [0.2, 0.25) is 0 Å². The molecular formula is C14H6B2F6O4. The third kappa shape index (κ3) is 4.19. The van der Waals surface area contributed by atoms with Crippen LogP contribution in [0.25, 0.3) is 0 Å². The van der Waals surface area contributed by atoms with Crippen molar-refractivity contribution in [3.05, 3.63) is 59.2 Å². The molecule has 0 heterocycles. The lowest BCUT2D eigenvalue weighted by molar-refractivity contribution is -0.156. The molecule has 0 aliphatic carbocycles. The molecule has 0 unspecified atom stereocenters. The Hall–Kier alpha value is -2.91. The Labute approximate surface area is 143 Å². The third-order valence-electron chi connectivity index (χ3n) is 3.14. The van der Waals surface area contributed by atoms with Crippen molar-refractivity contribution in [2.75, 3.05) is 0 Å². The summed E-state index contributed by atoms with van der Waals surface area (Å²) in [4.78, 5) is 22.8. The second-order valence-corrected chi connectivity index (χ2v) is 4.80. The first-order valence-corrected chi connectivity index (χ1v) is 6.81. The SMILES string of the molecule is O=C(OBc1c(F)ccc(F)c1F)C(=O)OBc1c(F)ccc(F)c1F. The normalized spacial score (nSPS) is 10.2. The molecule has 0 saturated heterocycles. The minimum absolute atomic E-state index is 0.506. The summed E-state index contributed by atoms with van der Waals surface area (Å²) in [6.07, 6.45) is 0. The van der Waals surface area contributed by atoms with Gasteiger partial charge in [-0.15, -0.1) is 0 Å². The van der Waals surface area contributed by atoms with E-state index in [0.717, 1.165) is 0 Å². The molecule has 0 N–H and O–H groups in total. The smallest absolute Gasteiger partial charge is 0.398 e. The molecule has 0 bridgehead atoms. The standard InChI is InChI=1S/C14H6B2F6O4/c17-5-1-3-7(19)11(21)9(5)15-25-13(23)14(24)26-16-10-6(18)2-4-8(20)12(10)22/h1-4,15-16H. The van der Waals surface area contributed by atoms with Crippen molar-refractivity contribution < 1.29 is 45.2 Å². The number of hydrogen-bond donors (Lipinski definition) is 0. The van der Waals surface area contributed by atoms with Crippen molar-refractivity contribution in [2.45, 2.75) is 0 Å². The van der Waals surface area contributed by atoms with Crippen LogP contribution in [0.5, 0.6) is 0 Å². The van der Waals surface area contributed by atoms with Gasteiger partial charge in [0.1, 0.15) is 11.6 Å². The molecule has 0 amide bonds. The minimum Gasteiger partial charge on any atom is -0.526 e. The highest BCUT2D eigenvalue weighted by Crippen LogP contribution is 2.06. The summed E-state index contributed by atoms with van der Waals surface area (Å²) in [6, 6.07) is 2.17. The average molecular weight is 374 g/mol. The fourth-order valence-electron chi connectivity index (χ4n) is 1.80. The van der Waals surface area contributed by atoms with Gasteiger partial charge in [0.25, 0.3) is 0 Å². The Morgan fingerprint density at radius 3 is 1.27 bits per heavy atom. The molecular weight excluding hydrogens is 368 g/mol. The first kappa shape index (κ1) is 19.4. The molecule has 2 aromatic rings. The number of carbonyl (C=O) groups is 2. The number of halogens is 6. The molecule has 0 aromatic heterocycles. The lowest BCUT2D eigenvalue weighted by Gasteiger charge is -2.08. The van der Waals surface area contributed by atoms with Gasteiger partial charge in [-0.2, -0.15) is 0 Å². The van der Waals surface area contributed by atoms with E-state index in [2.05, 4.69) is 9.31 Å². The van der Waals surface area contributed by atoms with Gasteiger partial charge in [-0.1, -0.05) is 0 Å². The van der Waals surface area contributed by atoms with Crippen LogP contribution in [0.15, 0.2) is 24.3 Å². The van der Waals surface area contributed by atoms with Gasteiger partial charge in [-0.25, -0.2) is 35.9 Å². The Morgan fingerprint density at radius 1 is 0.615 bits per heavy atom. The fraction of sp³-hybridized carbons (Fsp3) is 0. The van der Waals surface area contributed by atoms with Gasteiger partial charge >= 0.3 is 26.9 Å². The number of carbonyl (C=O) groups excluding carboxylic acids is 2. The van der Waals surface area contributed by atoms with Gasteiger partial charge in [-0.3, -0.25) is 0 Å². The molecule has 2 rings (SSSR count). The van der Waals surface area contributed by atoms with E-state index in [9.17, 15) is 35.9 Å².